The third kappa shape index (κ3) is 4.08. The van der Waals surface area contributed by atoms with Crippen molar-refractivity contribution in [2.45, 2.75) is 0 Å². The Morgan fingerprint density at radius 2 is 1.70 bits per heavy atom. The highest BCUT2D eigenvalue weighted by molar-refractivity contribution is 7.80. The Balaban J connectivity index is 2.20. The van der Waals surface area contributed by atoms with E-state index in [9.17, 15) is 9.65 Å². The van der Waals surface area contributed by atoms with Crippen LogP contribution < -0.4 is 20.1 Å². The number of nitrogens with one attached hydrogen (secondary N) is 2. The van der Waals surface area contributed by atoms with Crippen LogP contribution in [0, 0.1) is 17.1 Å². The van der Waals surface area contributed by atoms with Gasteiger partial charge in [-0.3, -0.25) is 0 Å². The first kappa shape index (κ1) is 16.5. The molecule has 2 rings (SSSR count). The summed E-state index contributed by atoms with van der Waals surface area (Å²) in [6.07, 6.45) is 0. The van der Waals surface area contributed by atoms with Crippen molar-refractivity contribution >= 4 is 28.7 Å². The van der Waals surface area contributed by atoms with Crippen molar-refractivity contribution in [2.24, 2.45) is 0 Å². The molecular weight excluding hydrogens is 317 g/mol. The standard InChI is InChI=1S/C16H14FN3O2S/c1-21-14-7-10(9-18)13(8-15(14)22-2)20-16(23)19-12-5-3-11(17)4-6-12/h3-8H,1-2H3,(H2,19,20,23). The van der Waals surface area contributed by atoms with Crippen molar-refractivity contribution in [3.63, 3.8) is 0 Å². The summed E-state index contributed by atoms with van der Waals surface area (Å²) in [5, 5.41) is 15.3. The van der Waals surface area contributed by atoms with Gasteiger partial charge in [0.25, 0.3) is 0 Å². The first-order valence-corrected chi connectivity index (χ1v) is 6.98. The van der Waals surface area contributed by atoms with Gasteiger partial charge in [-0.2, -0.15) is 5.26 Å². The molecule has 0 saturated carbocycles. The molecule has 0 heterocycles. The van der Waals surface area contributed by atoms with Crippen molar-refractivity contribution in [1.82, 2.24) is 0 Å². The Kier molecular flexibility index (Phi) is 5.33. The number of hydrogen-bond donors (Lipinski definition) is 2. The average Bonchev–Trinajstić information content (AvgIpc) is 2.56. The molecule has 23 heavy (non-hydrogen) atoms. The van der Waals surface area contributed by atoms with Crippen LogP contribution >= 0.6 is 12.2 Å². The summed E-state index contributed by atoms with van der Waals surface area (Å²) in [5.74, 6) is 0.590. The summed E-state index contributed by atoms with van der Waals surface area (Å²) in [6.45, 7) is 0. The van der Waals surface area contributed by atoms with Crippen LogP contribution in [0.1, 0.15) is 5.56 Å². The Hall–Kier alpha value is -2.85. The minimum Gasteiger partial charge on any atom is -0.493 e. The second-order valence-electron chi connectivity index (χ2n) is 4.45. The molecule has 7 heteroatoms. The second kappa shape index (κ2) is 7.42. The first-order chi connectivity index (χ1) is 11.1. The highest BCUT2D eigenvalue weighted by Crippen LogP contribution is 2.33. The number of anilines is 2. The van der Waals surface area contributed by atoms with Gasteiger partial charge in [0, 0.05) is 17.8 Å². The van der Waals surface area contributed by atoms with Gasteiger partial charge >= 0.3 is 0 Å². The molecule has 0 aliphatic carbocycles. The molecule has 2 aromatic carbocycles. The molecule has 0 bridgehead atoms. The SMILES string of the molecule is COc1cc(C#N)c(NC(=S)Nc2ccc(F)cc2)cc1OC. The number of nitriles is 1. The largest absolute Gasteiger partial charge is 0.493 e. The van der Waals surface area contributed by atoms with E-state index in [1.165, 1.54) is 26.4 Å². The van der Waals surface area contributed by atoms with Gasteiger partial charge in [0.15, 0.2) is 16.6 Å². The number of nitrogens with zero attached hydrogens (tertiary/aromatic N) is 1. The van der Waals surface area contributed by atoms with Crippen LogP contribution in [-0.4, -0.2) is 19.3 Å². The predicted octanol–water partition coefficient (Wildman–Crippen LogP) is 3.52. The molecule has 118 valence electrons. The number of thiocarbonyl (C=S) groups is 1. The molecule has 5 nitrogen and oxygen atoms in total. The summed E-state index contributed by atoms with van der Waals surface area (Å²) in [7, 11) is 3.00. The number of rotatable bonds is 4. The van der Waals surface area contributed by atoms with Gasteiger partial charge in [-0.05, 0) is 36.5 Å². The van der Waals surface area contributed by atoms with Gasteiger partial charge < -0.3 is 20.1 Å². The molecule has 0 amide bonds. The lowest BCUT2D eigenvalue weighted by molar-refractivity contribution is 0.355. The van der Waals surface area contributed by atoms with Crippen LogP contribution in [-0.2, 0) is 0 Å². The number of halogens is 1. The molecule has 0 saturated heterocycles. The van der Waals surface area contributed by atoms with Crippen molar-refractivity contribution in [3.05, 3.63) is 47.8 Å². The number of hydrogen-bond acceptors (Lipinski definition) is 4. The van der Waals surface area contributed by atoms with Crippen LogP contribution in [0.5, 0.6) is 11.5 Å². The van der Waals surface area contributed by atoms with Gasteiger partial charge in [-0.25, -0.2) is 4.39 Å². The molecule has 2 aromatic rings. The maximum Gasteiger partial charge on any atom is 0.175 e. The quantitative estimate of drug-likeness (QED) is 0.836. The molecule has 0 atom stereocenters. The van der Waals surface area contributed by atoms with Gasteiger partial charge in [0.1, 0.15) is 11.9 Å². The van der Waals surface area contributed by atoms with E-state index >= 15 is 0 Å². The maximum absolute atomic E-state index is 12.9. The highest BCUT2D eigenvalue weighted by Gasteiger charge is 2.12. The van der Waals surface area contributed by atoms with E-state index in [1.807, 2.05) is 0 Å². The molecule has 0 aliphatic rings. The number of methoxy groups -OCH3 is 2. The lowest BCUT2D eigenvalue weighted by Gasteiger charge is -2.14. The van der Waals surface area contributed by atoms with E-state index < -0.39 is 0 Å². The van der Waals surface area contributed by atoms with E-state index in [2.05, 4.69) is 16.7 Å². The van der Waals surface area contributed by atoms with Crippen molar-refractivity contribution in [3.8, 4) is 17.6 Å². The second-order valence-corrected chi connectivity index (χ2v) is 4.86. The Morgan fingerprint density at radius 1 is 1.09 bits per heavy atom. The summed E-state index contributed by atoms with van der Waals surface area (Å²) in [4.78, 5) is 0. The van der Waals surface area contributed by atoms with E-state index in [-0.39, 0.29) is 10.9 Å². The Bertz CT molecular complexity index is 757. The fraction of sp³-hybridized carbons (Fsp3) is 0.125. The van der Waals surface area contributed by atoms with Gasteiger partial charge in [0.05, 0.1) is 25.5 Å². The van der Waals surface area contributed by atoms with Gasteiger partial charge in [0.2, 0.25) is 0 Å². The molecule has 0 unspecified atom stereocenters. The minimum atomic E-state index is -0.332. The summed E-state index contributed by atoms with van der Waals surface area (Å²) in [5.41, 5.74) is 1.46. The monoisotopic (exact) mass is 331 g/mol. The van der Waals surface area contributed by atoms with Crippen molar-refractivity contribution < 1.29 is 13.9 Å². The van der Waals surface area contributed by atoms with E-state index in [4.69, 9.17) is 21.7 Å². The minimum absolute atomic E-state index is 0.264. The summed E-state index contributed by atoms with van der Waals surface area (Å²) in [6, 6.07) is 11.0. The normalized spacial score (nSPS) is 9.65. The molecule has 0 radical (unpaired) electrons. The van der Waals surface area contributed by atoms with E-state index in [1.54, 1.807) is 24.3 Å². The zero-order valence-electron chi connectivity index (χ0n) is 12.5. The van der Waals surface area contributed by atoms with Gasteiger partial charge in [-0.15, -0.1) is 0 Å². The third-order valence-electron chi connectivity index (χ3n) is 2.99. The van der Waals surface area contributed by atoms with Crippen molar-refractivity contribution in [2.75, 3.05) is 24.9 Å². The van der Waals surface area contributed by atoms with Gasteiger partial charge in [-0.1, -0.05) is 0 Å². The Labute approximate surface area is 138 Å². The highest BCUT2D eigenvalue weighted by atomic mass is 32.1. The third-order valence-corrected chi connectivity index (χ3v) is 3.20. The maximum atomic E-state index is 12.9. The lowest BCUT2D eigenvalue weighted by atomic mass is 10.1. The summed E-state index contributed by atoms with van der Waals surface area (Å²) >= 11 is 5.20. The van der Waals surface area contributed by atoms with Crippen LogP contribution in [0.4, 0.5) is 15.8 Å². The number of benzene rings is 2. The van der Waals surface area contributed by atoms with Crippen molar-refractivity contribution in [1.29, 1.82) is 5.26 Å². The zero-order chi connectivity index (χ0) is 16.8. The lowest BCUT2D eigenvalue weighted by Crippen LogP contribution is -2.19. The van der Waals surface area contributed by atoms with Crippen LogP contribution in [0.15, 0.2) is 36.4 Å². The summed E-state index contributed by atoms with van der Waals surface area (Å²) < 4.78 is 23.3. The van der Waals surface area contributed by atoms with E-state index in [0.29, 0.717) is 28.4 Å². The predicted molar refractivity (Wildman–Crippen MR) is 90.5 cm³/mol. The van der Waals surface area contributed by atoms with Crippen LogP contribution in [0.3, 0.4) is 0 Å². The number of ether oxygens (including phenoxy) is 2. The topological polar surface area (TPSA) is 66.3 Å². The average molecular weight is 331 g/mol. The fourth-order valence-corrected chi connectivity index (χ4v) is 2.12. The molecule has 0 aromatic heterocycles. The zero-order valence-corrected chi connectivity index (χ0v) is 13.3. The molecule has 2 N–H and O–H groups in total. The first-order valence-electron chi connectivity index (χ1n) is 6.57. The van der Waals surface area contributed by atoms with Crippen LogP contribution in [0.2, 0.25) is 0 Å². The smallest absolute Gasteiger partial charge is 0.175 e. The molecule has 0 fully saturated rings. The molecular formula is C16H14FN3O2S. The van der Waals surface area contributed by atoms with Crippen LogP contribution in [0.25, 0.3) is 0 Å². The van der Waals surface area contributed by atoms with E-state index in [0.717, 1.165) is 0 Å². The fourth-order valence-electron chi connectivity index (χ4n) is 1.89. The Morgan fingerprint density at radius 3 is 2.26 bits per heavy atom. The molecule has 0 aliphatic heterocycles. The molecule has 0 spiro atoms.